The highest BCUT2D eigenvalue weighted by atomic mass is 19.1. The number of hydrogen-bond donors (Lipinski definition) is 2. The lowest BCUT2D eigenvalue weighted by molar-refractivity contribution is -0.393. The summed E-state index contributed by atoms with van der Waals surface area (Å²) < 4.78 is 13.2. The van der Waals surface area contributed by atoms with Crippen LogP contribution in [0.15, 0.2) is 36.4 Å². The van der Waals surface area contributed by atoms with Gasteiger partial charge in [0.1, 0.15) is 11.5 Å². The zero-order chi connectivity index (χ0) is 17.1. The molecular formula is C13H8FN3O6. The van der Waals surface area contributed by atoms with Crippen LogP contribution in [0.2, 0.25) is 0 Å². The third-order valence-electron chi connectivity index (χ3n) is 2.83. The lowest BCUT2D eigenvalue weighted by atomic mass is 10.1. The highest BCUT2D eigenvalue weighted by molar-refractivity contribution is 5.99. The van der Waals surface area contributed by atoms with E-state index < -0.39 is 44.3 Å². The molecule has 2 aromatic carbocycles. The van der Waals surface area contributed by atoms with Gasteiger partial charge in [-0.2, -0.15) is 0 Å². The summed E-state index contributed by atoms with van der Waals surface area (Å²) in [4.78, 5) is 31.3. The van der Waals surface area contributed by atoms with Gasteiger partial charge in [0.15, 0.2) is 0 Å². The average Bonchev–Trinajstić information content (AvgIpc) is 2.46. The van der Waals surface area contributed by atoms with E-state index in [1.54, 1.807) is 0 Å². The fraction of sp³-hybridized carbons (Fsp3) is 0. The number of carboxylic acid groups (broad SMARTS) is 1. The molecule has 0 atom stereocenters. The molecule has 0 fully saturated rings. The second-order valence-electron chi connectivity index (χ2n) is 4.34. The van der Waals surface area contributed by atoms with Crippen molar-refractivity contribution in [2.75, 3.05) is 5.32 Å². The third kappa shape index (κ3) is 3.37. The van der Waals surface area contributed by atoms with Crippen molar-refractivity contribution in [1.82, 2.24) is 0 Å². The van der Waals surface area contributed by atoms with E-state index in [0.29, 0.717) is 12.1 Å². The highest BCUT2D eigenvalue weighted by Gasteiger charge is 2.27. The highest BCUT2D eigenvalue weighted by Crippen LogP contribution is 2.35. The molecule has 0 heterocycles. The summed E-state index contributed by atoms with van der Waals surface area (Å²) in [6, 6.07) is 6.13. The van der Waals surface area contributed by atoms with Gasteiger partial charge in [-0.05, 0) is 18.2 Å². The van der Waals surface area contributed by atoms with Crippen molar-refractivity contribution in [2.24, 2.45) is 0 Å². The molecule has 2 aromatic rings. The average molecular weight is 321 g/mol. The Bertz CT molecular complexity index is 788. The molecule has 0 aliphatic rings. The molecule has 118 valence electrons. The standard InChI is InChI=1S/C13H8FN3O6/c14-7-2-1-3-8(4-7)15-12-10(13(18)19)5-9(16(20)21)6-11(12)17(22)23/h1-6,15H,(H,18,19). The van der Waals surface area contributed by atoms with Crippen molar-refractivity contribution < 1.29 is 24.1 Å². The zero-order valence-corrected chi connectivity index (χ0v) is 11.2. The van der Waals surface area contributed by atoms with Gasteiger partial charge in [0.2, 0.25) is 0 Å². The van der Waals surface area contributed by atoms with Crippen LogP contribution in [0.4, 0.5) is 27.1 Å². The molecule has 9 nitrogen and oxygen atoms in total. The van der Waals surface area contributed by atoms with Crippen molar-refractivity contribution in [3.8, 4) is 0 Å². The summed E-state index contributed by atoms with van der Waals surface area (Å²) in [6.07, 6.45) is 0. The molecule has 0 spiro atoms. The van der Waals surface area contributed by atoms with E-state index in [-0.39, 0.29) is 5.69 Å². The van der Waals surface area contributed by atoms with E-state index in [9.17, 15) is 29.4 Å². The summed E-state index contributed by atoms with van der Waals surface area (Å²) in [5, 5.41) is 33.5. The molecule has 0 aliphatic carbocycles. The third-order valence-corrected chi connectivity index (χ3v) is 2.83. The Morgan fingerprint density at radius 3 is 2.35 bits per heavy atom. The maximum absolute atomic E-state index is 13.2. The molecule has 0 aromatic heterocycles. The van der Waals surface area contributed by atoms with Crippen LogP contribution in [0, 0.1) is 26.0 Å². The van der Waals surface area contributed by atoms with Gasteiger partial charge in [-0.25, -0.2) is 9.18 Å². The van der Waals surface area contributed by atoms with Crippen molar-refractivity contribution in [2.45, 2.75) is 0 Å². The summed E-state index contributed by atoms with van der Waals surface area (Å²) in [5.41, 5.74) is -2.63. The van der Waals surface area contributed by atoms with Crippen LogP contribution in [0.5, 0.6) is 0 Å². The van der Waals surface area contributed by atoms with Gasteiger partial charge in [0.05, 0.1) is 21.5 Å². The largest absolute Gasteiger partial charge is 0.478 e. The number of nitrogens with zero attached hydrogens (tertiary/aromatic N) is 2. The Morgan fingerprint density at radius 2 is 1.83 bits per heavy atom. The SMILES string of the molecule is O=C(O)c1cc([N+](=O)[O-])cc([N+](=O)[O-])c1Nc1cccc(F)c1. The molecule has 0 saturated carbocycles. The second-order valence-corrected chi connectivity index (χ2v) is 4.34. The van der Waals surface area contributed by atoms with Crippen molar-refractivity contribution in [1.29, 1.82) is 0 Å². The fourth-order valence-corrected chi connectivity index (χ4v) is 1.87. The van der Waals surface area contributed by atoms with Gasteiger partial charge in [0.25, 0.3) is 11.4 Å². The van der Waals surface area contributed by atoms with Gasteiger partial charge in [0, 0.05) is 11.8 Å². The predicted octanol–water partition coefficient (Wildman–Crippen LogP) is 3.08. The molecule has 0 saturated heterocycles. The predicted molar refractivity (Wildman–Crippen MR) is 76.4 cm³/mol. The molecule has 2 rings (SSSR count). The van der Waals surface area contributed by atoms with Crippen LogP contribution in [0.3, 0.4) is 0 Å². The number of nitro benzene ring substituents is 2. The van der Waals surface area contributed by atoms with Crippen LogP contribution in [-0.2, 0) is 0 Å². The first-order chi connectivity index (χ1) is 10.8. The number of hydrogen-bond acceptors (Lipinski definition) is 6. The van der Waals surface area contributed by atoms with E-state index in [0.717, 1.165) is 12.1 Å². The van der Waals surface area contributed by atoms with E-state index in [4.69, 9.17) is 5.11 Å². The number of nitro groups is 2. The number of carbonyl (C=O) groups is 1. The molecule has 0 aliphatic heterocycles. The quantitative estimate of drug-likeness (QED) is 0.637. The smallest absolute Gasteiger partial charge is 0.338 e. The Kier molecular flexibility index (Phi) is 4.16. The van der Waals surface area contributed by atoms with Gasteiger partial charge in [-0.1, -0.05) is 6.07 Å². The van der Waals surface area contributed by atoms with Crippen molar-refractivity contribution in [3.05, 3.63) is 68.0 Å². The molecule has 23 heavy (non-hydrogen) atoms. The Hall–Kier alpha value is -3.56. The lowest BCUT2D eigenvalue weighted by Crippen LogP contribution is -2.07. The number of anilines is 2. The first-order valence-corrected chi connectivity index (χ1v) is 6.02. The second kappa shape index (κ2) is 6.05. The minimum atomic E-state index is -1.60. The van der Waals surface area contributed by atoms with E-state index in [1.807, 2.05) is 0 Å². The molecule has 2 N–H and O–H groups in total. The van der Waals surface area contributed by atoms with E-state index >= 15 is 0 Å². The van der Waals surface area contributed by atoms with Gasteiger partial charge >= 0.3 is 5.97 Å². The first-order valence-electron chi connectivity index (χ1n) is 6.02. The molecule has 10 heteroatoms. The minimum absolute atomic E-state index is 0.0597. The monoisotopic (exact) mass is 321 g/mol. The Morgan fingerprint density at radius 1 is 1.13 bits per heavy atom. The Labute approximate surface area is 127 Å². The first kappa shape index (κ1) is 15.8. The zero-order valence-electron chi connectivity index (χ0n) is 11.2. The molecule has 0 bridgehead atoms. The summed E-state index contributed by atoms with van der Waals surface area (Å²) in [5.74, 6) is -2.24. The number of nitrogens with one attached hydrogen (secondary N) is 1. The molecule has 0 unspecified atom stereocenters. The van der Waals surface area contributed by atoms with Crippen LogP contribution in [-0.4, -0.2) is 20.9 Å². The number of benzene rings is 2. The maximum atomic E-state index is 13.2. The normalized spacial score (nSPS) is 10.1. The van der Waals surface area contributed by atoms with Crippen LogP contribution in [0.25, 0.3) is 0 Å². The van der Waals surface area contributed by atoms with Crippen LogP contribution >= 0.6 is 0 Å². The van der Waals surface area contributed by atoms with Gasteiger partial charge < -0.3 is 10.4 Å². The molecule has 0 radical (unpaired) electrons. The topological polar surface area (TPSA) is 136 Å². The maximum Gasteiger partial charge on any atom is 0.338 e. The molecular weight excluding hydrogens is 313 g/mol. The number of rotatable bonds is 5. The number of aromatic carboxylic acids is 1. The Balaban J connectivity index is 2.66. The summed E-state index contributed by atoms with van der Waals surface area (Å²) in [6.45, 7) is 0. The van der Waals surface area contributed by atoms with E-state index in [2.05, 4.69) is 5.32 Å². The van der Waals surface area contributed by atoms with Crippen molar-refractivity contribution in [3.63, 3.8) is 0 Å². The number of non-ortho nitro benzene ring substituents is 1. The van der Waals surface area contributed by atoms with Crippen LogP contribution < -0.4 is 5.32 Å². The number of carboxylic acids is 1. The fourth-order valence-electron chi connectivity index (χ4n) is 1.87. The summed E-state index contributed by atoms with van der Waals surface area (Å²) >= 11 is 0. The van der Waals surface area contributed by atoms with Gasteiger partial charge in [-0.15, -0.1) is 0 Å². The number of halogens is 1. The van der Waals surface area contributed by atoms with Crippen LogP contribution in [0.1, 0.15) is 10.4 Å². The van der Waals surface area contributed by atoms with E-state index in [1.165, 1.54) is 12.1 Å². The minimum Gasteiger partial charge on any atom is -0.478 e. The summed E-state index contributed by atoms with van der Waals surface area (Å²) in [7, 11) is 0. The molecule has 0 amide bonds. The van der Waals surface area contributed by atoms with Crippen molar-refractivity contribution >= 4 is 28.7 Å². The lowest BCUT2D eigenvalue weighted by Gasteiger charge is -2.10. The van der Waals surface area contributed by atoms with Gasteiger partial charge in [-0.3, -0.25) is 20.2 Å².